The van der Waals surface area contributed by atoms with E-state index in [1.54, 1.807) is 20.8 Å². The Bertz CT molecular complexity index is 212. The molecule has 15 heavy (non-hydrogen) atoms. The molecule has 6 heteroatoms. The van der Waals surface area contributed by atoms with E-state index >= 15 is 0 Å². The Balaban J connectivity index is 4.49. The number of rotatable bonds is 4. The molecule has 0 radical (unpaired) electrons. The smallest absolute Gasteiger partial charge is 0.408 e. The molecule has 0 saturated carbocycles. The summed E-state index contributed by atoms with van der Waals surface area (Å²) in [4.78, 5) is 0. The van der Waals surface area contributed by atoms with Crippen molar-refractivity contribution >= 4 is 11.4 Å². The Kier molecular flexibility index (Phi) is 5.16. The molecule has 0 amide bonds. The monoisotopic (exact) mass is 243 g/mol. The molecule has 0 aromatic carbocycles. The predicted octanol–water partition coefficient (Wildman–Crippen LogP) is 2.55. The maximum Gasteiger partial charge on any atom is 0.408 e. The van der Waals surface area contributed by atoms with Gasteiger partial charge in [-0.05, 0) is 27.2 Å². The Hall–Kier alpha value is -0.200. The molecule has 0 saturated heterocycles. The molecule has 2 nitrogen and oxygen atoms in total. The lowest BCUT2D eigenvalue weighted by Crippen LogP contribution is -2.50. The van der Waals surface area contributed by atoms with Crippen LogP contribution in [0.1, 0.15) is 27.2 Å². The number of alkyl halides is 3. The first kappa shape index (κ1) is 14.8. The molecule has 0 aromatic rings. The van der Waals surface area contributed by atoms with Crippen molar-refractivity contribution in [3.63, 3.8) is 0 Å². The first-order valence-corrected chi connectivity index (χ1v) is 5.59. The van der Waals surface area contributed by atoms with Gasteiger partial charge in [0.25, 0.3) is 0 Å². The molecule has 1 N–H and O–H groups in total. The maximum absolute atomic E-state index is 12.4. The van der Waals surface area contributed by atoms with Gasteiger partial charge in [-0.3, -0.25) is 0 Å². The van der Waals surface area contributed by atoms with Crippen LogP contribution in [0.5, 0.6) is 0 Å². The van der Waals surface area contributed by atoms with Crippen LogP contribution in [0.25, 0.3) is 0 Å². The lowest BCUT2D eigenvalue weighted by atomic mass is 10.2. The first-order chi connectivity index (χ1) is 6.59. The average Bonchev–Trinajstić information content (AvgIpc) is 1.99. The molecule has 0 heterocycles. The molecule has 0 aliphatic carbocycles. The van der Waals surface area contributed by atoms with E-state index in [0.717, 1.165) is 6.08 Å². The molecule has 2 unspecified atom stereocenters. The number of nitrogens with one attached hydrogen (secondary N) is 1. The minimum absolute atomic E-state index is 0.286. The van der Waals surface area contributed by atoms with Crippen molar-refractivity contribution in [1.29, 1.82) is 0 Å². The first-order valence-electron chi connectivity index (χ1n) is 4.44. The van der Waals surface area contributed by atoms with Crippen LogP contribution in [0, 0.1) is 0 Å². The Morgan fingerprint density at radius 1 is 1.40 bits per heavy atom. The van der Waals surface area contributed by atoms with Gasteiger partial charge in [-0.15, -0.1) is 11.3 Å². The van der Waals surface area contributed by atoms with Crippen molar-refractivity contribution in [1.82, 2.24) is 4.72 Å². The molecule has 0 rings (SSSR count). The van der Waals surface area contributed by atoms with Crippen LogP contribution in [0.15, 0.2) is 12.7 Å². The van der Waals surface area contributed by atoms with Gasteiger partial charge in [0, 0.05) is 11.4 Å². The van der Waals surface area contributed by atoms with Crippen molar-refractivity contribution in [2.45, 2.75) is 44.2 Å². The topological polar surface area (TPSA) is 35.1 Å². The number of hydrogen-bond donors (Lipinski definition) is 1. The highest BCUT2D eigenvalue weighted by atomic mass is 32.2. The zero-order valence-electron chi connectivity index (χ0n) is 9.02. The molecule has 0 spiro atoms. The van der Waals surface area contributed by atoms with E-state index in [1.807, 2.05) is 0 Å². The van der Waals surface area contributed by atoms with Gasteiger partial charge in [0.05, 0.1) is 0 Å². The minimum atomic E-state index is -4.41. The van der Waals surface area contributed by atoms with Crippen LogP contribution in [0.2, 0.25) is 0 Å². The summed E-state index contributed by atoms with van der Waals surface area (Å²) in [5, 5.41) is 0. The van der Waals surface area contributed by atoms with E-state index in [1.165, 1.54) is 0 Å². The molecule has 0 aliphatic heterocycles. The molecule has 0 aliphatic rings. The van der Waals surface area contributed by atoms with Gasteiger partial charge in [0.2, 0.25) is 0 Å². The average molecular weight is 243 g/mol. The summed E-state index contributed by atoms with van der Waals surface area (Å²) in [5.41, 5.74) is 0. The number of halogens is 3. The molecule has 0 aromatic heterocycles. The van der Waals surface area contributed by atoms with Crippen molar-refractivity contribution in [3.8, 4) is 0 Å². The largest absolute Gasteiger partial charge is 0.598 e. The van der Waals surface area contributed by atoms with Crippen LogP contribution < -0.4 is 4.72 Å². The highest BCUT2D eigenvalue weighted by molar-refractivity contribution is 7.90. The lowest BCUT2D eigenvalue weighted by molar-refractivity contribution is -0.150. The molecular weight excluding hydrogens is 227 g/mol. The Morgan fingerprint density at radius 2 is 1.87 bits per heavy atom. The van der Waals surface area contributed by atoms with E-state index in [4.69, 9.17) is 0 Å². The Morgan fingerprint density at radius 3 is 2.13 bits per heavy atom. The molecular formula is C9H16F3NOS. The van der Waals surface area contributed by atoms with Crippen molar-refractivity contribution < 1.29 is 17.7 Å². The van der Waals surface area contributed by atoms with Crippen LogP contribution in [0.3, 0.4) is 0 Å². The second-order valence-electron chi connectivity index (χ2n) is 4.12. The number of hydrogen-bond acceptors (Lipinski definition) is 2. The van der Waals surface area contributed by atoms with Crippen LogP contribution in [-0.2, 0) is 11.4 Å². The SMILES string of the molecule is C=CCC(N[S+]([O-])C(C)(C)C)C(F)(F)F. The summed E-state index contributed by atoms with van der Waals surface area (Å²) in [6.07, 6.45) is -3.54. The second-order valence-corrected chi connectivity index (χ2v) is 6.12. The normalized spacial score (nSPS) is 17.3. The van der Waals surface area contributed by atoms with Crippen LogP contribution in [-0.4, -0.2) is 21.5 Å². The van der Waals surface area contributed by atoms with E-state index in [-0.39, 0.29) is 6.42 Å². The van der Waals surface area contributed by atoms with Gasteiger partial charge in [0.15, 0.2) is 6.04 Å². The van der Waals surface area contributed by atoms with Gasteiger partial charge in [-0.1, -0.05) is 6.08 Å². The van der Waals surface area contributed by atoms with Gasteiger partial charge in [-0.25, -0.2) is 0 Å². The Labute approximate surface area is 91.2 Å². The summed E-state index contributed by atoms with van der Waals surface area (Å²) in [6.45, 7) is 8.07. The minimum Gasteiger partial charge on any atom is -0.598 e. The van der Waals surface area contributed by atoms with E-state index in [0.29, 0.717) is 0 Å². The van der Waals surface area contributed by atoms with E-state index in [2.05, 4.69) is 11.3 Å². The third-order valence-corrected chi connectivity index (χ3v) is 3.21. The summed E-state index contributed by atoms with van der Waals surface area (Å²) >= 11 is -1.73. The van der Waals surface area contributed by atoms with Crippen molar-refractivity contribution in [2.24, 2.45) is 0 Å². The highest BCUT2D eigenvalue weighted by Gasteiger charge is 2.43. The van der Waals surface area contributed by atoms with Gasteiger partial charge in [0.1, 0.15) is 4.75 Å². The van der Waals surface area contributed by atoms with E-state index < -0.39 is 28.3 Å². The van der Waals surface area contributed by atoms with E-state index in [9.17, 15) is 17.7 Å². The van der Waals surface area contributed by atoms with Crippen molar-refractivity contribution in [3.05, 3.63) is 12.7 Å². The molecule has 0 fully saturated rings. The highest BCUT2D eigenvalue weighted by Crippen LogP contribution is 2.25. The van der Waals surface area contributed by atoms with Gasteiger partial charge in [-0.2, -0.15) is 13.2 Å². The summed E-state index contributed by atoms with van der Waals surface area (Å²) in [6, 6.07) is -1.80. The standard InChI is InChI=1S/C9H16F3NOS/c1-5-6-7(9(10,11)12)13-15(14)8(2,3)4/h5,7,13H,1,6H2,2-4H3. The maximum atomic E-state index is 12.4. The molecule has 0 bridgehead atoms. The molecule has 2 atom stereocenters. The van der Waals surface area contributed by atoms with Crippen LogP contribution in [0.4, 0.5) is 13.2 Å². The predicted molar refractivity (Wildman–Crippen MR) is 55.7 cm³/mol. The second kappa shape index (κ2) is 5.23. The third kappa shape index (κ3) is 5.44. The lowest BCUT2D eigenvalue weighted by Gasteiger charge is -2.28. The molecule has 90 valence electrons. The summed E-state index contributed by atoms with van der Waals surface area (Å²) in [5.74, 6) is 0. The summed E-state index contributed by atoms with van der Waals surface area (Å²) in [7, 11) is 0. The zero-order valence-corrected chi connectivity index (χ0v) is 9.84. The van der Waals surface area contributed by atoms with Crippen LogP contribution >= 0.6 is 0 Å². The van der Waals surface area contributed by atoms with Gasteiger partial charge >= 0.3 is 6.18 Å². The fraction of sp³-hybridized carbons (Fsp3) is 0.778. The van der Waals surface area contributed by atoms with Crippen molar-refractivity contribution in [2.75, 3.05) is 0 Å². The van der Waals surface area contributed by atoms with Gasteiger partial charge < -0.3 is 4.55 Å². The zero-order chi connectivity index (χ0) is 12.3. The summed E-state index contributed by atoms with van der Waals surface area (Å²) < 4.78 is 50.1. The quantitative estimate of drug-likeness (QED) is 0.608. The third-order valence-electron chi connectivity index (χ3n) is 1.60. The fourth-order valence-electron chi connectivity index (χ4n) is 0.721. The fourth-order valence-corrected chi connectivity index (χ4v) is 1.56.